The molecule has 144 valence electrons. The molecule has 0 radical (unpaired) electrons. The zero-order valence-corrected chi connectivity index (χ0v) is 16.0. The van der Waals surface area contributed by atoms with Crippen molar-refractivity contribution < 1.29 is 14.1 Å². The Labute approximate surface area is 158 Å². The van der Waals surface area contributed by atoms with E-state index in [1.54, 1.807) is 18.2 Å². The largest absolute Gasteiger partial charge is 0.369 e. The van der Waals surface area contributed by atoms with Crippen LogP contribution in [-0.4, -0.2) is 28.0 Å². The predicted octanol–water partition coefficient (Wildman–Crippen LogP) is 2.81. The van der Waals surface area contributed by atoms with Crippen LogP contribution in [0.5, 0.6) is 0 Å². The number of nitrogens with zero attached hydrogens (tertiary/aromatic N) is 2. The van der Waals surface area contributed by atoms with Crippen LogP contribution in [0, 0.1) is 5.92 Å². The maximum absolute atomic E-state index is 12.9. The number of nitrogens with one attached hydrogen (secondary N) is 1. The van der Waals surface area contributed by atoms with Gasteiger partial charge in [-0.2, -0.15) is 4.98 Å². The molecule has 0 saturated heterocycles. The molecular formula is C20H26N4O3. The summed E-state index contributed by atoms with van der Waals surface area (Å²) in [7, 11) is 0. The smallest absolute Gasteiger partial charge is 0.258 e. The van der Waals surface area contributed by atoms with Gasteiger partial charge in [0.15, 0.2) is 5.82 Å². The van der Waals surface area contributed by atoms with Gasteiger partial charge in [0.2, 0.25) is 5.91 Å². The van der Waals surface area contributed by atoms with Gasteiger partial charge in [-0.05, 0) is 31.4 Å². The number of aromatic nitrogens is 2. The lowest BCUT2D eigenvalue weighted by molar-refractivity contribution is -0.122. The molecule has 0 aliphatic heterocycles. The van der Waals surface area contributed by atoms with Gasteiger partial charge in [-0.1, -0.05) is 44.5 Å². The Bertz CT molecular complexity index is 838. The molecule has 1 fully saturated rings. The fourth-order valence-corrected chi connectivity index (χ4v) is 3.35. The van der Waals surface area contributed by atoms with Crippen LogP contribution in [0.1, 0.15) is 62.6 Å². The van der Waals surface area contributed by atoms with Crippen LogP contribution in [0.15, 0.2) is 28.8 Å². The van der Waals surface area contributed by atoms with Crippen LogP contribution in [0.25, 0.3) is 11.5 Å². The molecule has 2 amide bonds. The molecule has 0 unspecified atom stereocenters. The Morgan fingerprint density at radius 3 is 2.63 bits per heavy atom. The molecule has 3 N–H and O–H groups in total. The van der Waals surface area contributed by atoms with E-state index in [2.05, 4.69) is 15.5 Å². The van der Waals surface area contributed by atoms with Crippen molar-refractivity contribution in [1.82, 2.24) is 15.5 Å². The maximum Gasteiger partial charge on any atom is 0.258 e. The predicted molar refractivity (Wildman–Crippen MR) is 101 cm³/mol. The molecule has 3 rings (SSSR count). The number of hydrogen-bond donors (Lipinski definition) is 2. The van der Waals surface area contributed by atoms with E-state index >= 15 is 0 Å². The maximum atomic E-state index is 12.9. The topological polar surface area (TPSA) is 111 Å². The summed E-state index contributed by atoms with van der Waals surface area (Å²) >= 11 is 0. The number of amides is 2. The summed E-state index contributed by atoms with van der Waals surface area (Å²) in [6.07, 6.45) is 3.08. The summed E-state index contributed by atoms with van der Waals surface area (Å²) in [6, 6.07) is 7.09. The second kappa shape index (κ2) is 7.50. The van der Waals surface area contributed by atoms with Gasteiger partial charge in [-0.25, -0.2) is 0 Å². The summed E-state index contributed by atoms with van der Waals surface area (Å²) < 4.78 is 5.40. The third kappa shape index (κ3) is 4.35. The van der Waals surface area contributed by atoms with Crippen LogP contribution in [0.2, 0.25) is 0 Å². The molecule has 1 aliphatic rings. The zero-order chi connectivity index (χ0) is 19.6. The molecular weight excluding hydrogens is 344 g/mol. The Kier molecular flexibility index (Phi) is 5.30. The van der Waals surface area contributed by atoms with Crippen molar-refractivity contribution in [2.24, 2.45) is 11.7 Å². The van der Waals surface area contributed by atoms with Crippen molar-refractivity contribution in [3.05, 3.63) is 35.7 Å². The van der Waals surface area contributed by atoms with Gasteiger partial charge < -0.3 is 15.6 Å². The van der Waals surface area contributed by atoms with Crippen LogP contribution in [-0.2, 0) is 10.2 Å². The van der Waals surface area contributed by atoms with E-state index in [0.717, 1.165) is 19.3 Å². The molecule has 1 aromatic heterocycles. The van der Waals surface area contributed by atoms with Crippen LogP contribution < -0.4 is 11.1 Å². The normalized spacial score (nSPS) is 20.3. The zero-order valence-electron chi connectivity index (χ0n) is 16.0. The van der Waals surface area contributed by atoms with E-state index in [4.69, 9.17) is 10.3 Å². The van der Waals surface area contributed by atoms with E-state index < -0.39 is 0 Å². The first-order chi connectivity index (χ1) is 12.8. The molecule has 0 bridgehead atoms. The third-order valence-electron chi connectivity index (χ3n) is 4.91. The second-order valence-electron chi connectivity index (χ2n) is 8.16. The van der Waals surface area contributed by atoms with Gasteiger partial charge in [0.1, 0.15) is 0 Å². The fourth-order valence-electron chi connectivity index (χ4n) is 3.35. The number of primary amides is 1. The third-order valence-corrected chi connectivity index (χ3v) is 4.91. The molecule has 0 spiro atoms. The first-order valence-corrected chi connectivity index (χ1v) is 9.29. The van der Waals surface area contributed by atoms with Crippen molar-refractivity contribution in [3.63, 3.8) is 0 Å². The highest BCUT2D eigenvalue weighted by Gasteiger charge is 2.28. The van der Waals surface area contributed by atoms with E-state index in [-0.39, 0.29) is 29.2 Å². The summed E-state index contributed by atoms with van der Waals surface area (Å²) in [5.41, 5.74) is 6.26. The first-order valence-electron chi connectivity index (χ1n) is 9.29. The Morgan fingerprint density at radius 1 is 1.22 bits per heavy atom. The average molecular weight is 370 g/mol. The molecule has 1 aliphatic carbocycles. The molecule has 27 heavy (non-hydrogen) atoms. The number of rotatable bonds is 4. The minimum absolute atomic E-state index is 0.0652. The van der Waals surface area contributed by atoms with Gasteiger partial charge in [-0.3, -0.25) is 9.59 Å². The highest BCUT2D eigenvalue weighted by Crippen LogP contribution is 2.27. The lowest BCUT2D eigenvalue weighted by atomic mass is 9.85. The number of nitrogens with two attached hydrogens (primary N) is 1. The molecule has 7 heteroatoms. The van der Waals surface area contributed by atoms with Gasteiger partial charge >= 0.3 is 0 Å². The van der Waals surface area contributed by atoms with Crippen LogP contribution >= 0.6 is 0 Å². The molecule has 7 nitrogen and oxygen atoms in total. The number of hydrogen-bond acceptors (Lipinski definition) is 5. The van der Waals surface area contributed by atoms with Crippen LogP contribution in [0.4, 0.5) is 0 Å². The van der Waals surface area contributed by atoms with E-state index in [1.165, 1.54) is 0 Å². The molecule has 2 atom stereocenters. The van der Waals surface area contributed by atoms with Gasteiger partial charge in [0, 0.05) is 17.4 Å². The van der Waals surface area contributed by atoms with Crippen molar-refractivity contribution >= 4 is 11.8 Å². The lowest BCUT2D eigenvalue weighted by Gasteiger charge is -2.28. The van der Waals surface area contributed by atoms with E-state index in [0.29, 0.717) is 29.3 Å². The van der Waals surface area contributed by atoms with Crippen molar-refractivity contribution in [2.45, 2.75) is 57.9 Å². The van der Waals surface area contributed by atoms with Gasteiger partial charge in [0.25, 0.3) is 11.8 Å². The summed E-state index contributed by atoms with van der Waals surface area (Å²) in [5.74, 6) is 0.226. The van der Waals surface area contributed by atoms with Crippen molar-refractivity contribution in [2.75, 3.05) is 0 Å². The highest BCUT2D eigenvalue weighted by atomic mass is 16.5. The van der Waals surface area contributed by atoms with Gasteiger partial charge in [0.05, 0.1) is 11.1 Å². The van der Waals surface area contributed by atoms with Crippen LogP contribution in [0.3, 0.4) is 0 Å². The van der Waals surface area contributed by atoms with Crippen molar-refractivity contribution in [3.8, 4) is 11.5 Å². The number of carbonyl (C=O) groups is 2. The fraction of sp³-hybridized carbons (Fsp3) is 0.500. The number of carbonyl (C=O) groups excluding carboxylic acids is 2. The summed E-state index contributed by atoms with van der Waals surface area (Å²) in [6.45, 7) is 6.00. The van der Waals surface area contributed by atoms with Gasteiger partial charge in [-0.15, -0.1) is 0 Å². The van der Waals surface area contributed by atoms with E-state index in [1.807, 2.05) is 26.8 Å². The standard InChI is InChI=1S/C20H26N4O3/c1-20(2,3)19-23-18(27-24-19)15-10-5-4-9-14(15)17(26)22-13-8-6-7-12(11-13)16(21)25/h4-5,9-10,12-13H,6-8,11H2,1-3H3,(H2,21,25)(H,22,26)/t12-,13-/m1/s1. The molecule has 1 saturated carbocycles. The molecule has 1 aromatic carbocycles. The lowest BCUT2D eigenvalue weighted by Crippen LogP contribution is -2.41. The number of benzene rings is 1. The minimum Gasteiger partial charge on any atom is -0.369 e. The molecule has 2 aromatic rings. The SMILES string of the molecule is CC(C)(C)c1noc(-c2ccccc2C(=O)N[C@@H]2CCC[C@@H](C(N)=O)C2)n1. The van der Waals surface area contributed by atoms with Crippen molar-refractivity contribution in [1.29, 1.82) is 0 Å². The summed E-state index contributed by atoms with van der Waals surface area (Å²) in [5, 5.41) is 7.07. The highest BCUT2D eigenvalue weighted by molar-refractivity contribution is 6.00. The monoisotopic (exact) mass is 370 g/mol. The first kappa shape index (κ1) is 19.1. The van der Waals surface area contributed by atoms with E-state index in [9.17, 15) is 9.59 Å². The minimum atomic E-state index is -0.296. The quantitative estimate of drug-likeness (QED) is 0.859. The Morgan fingerprint density at radius 2 is 1.96 bits per heavy atom. The Hall–Kier alpha value is -2.70. The average Bonchev–Trinajstić information content (AvgIpc) is 3.12. The Balaban J connectivity index is 1.80. The molecule has 1 heterocycles. The summed E-state index contributed by atoms with van der Waals surface area (Å²) in [4.78, 5) is 28.8. The second-order valence-corrected chi connectivity index (χ2v) is 8.16.